The van der Waals surface area contributed by atoms with Gasteiger partial charge in [-0.25, -0.2) is 0 Å². The Morgan fingerprint density at radius 3 is 0.833 bits per heavy atom. The molecule has 4 fully saturated rings. The Balaban J connectivity index is 1.49. The fourth-order valence-electron chi connectivity index (χ4n) is 7.51. The van der Waals surface area contributed by atoms with Crippen LogP contribution in [0.5, 0.6) is 0 Å². The van der Waals surface area contributed by atoms with E-state index in [2.05, 4.69) is 24.3 Å². The summed E-state index contributed by atoms with van der Waals surface area (Å²) in [6, 6.07) is 8.74. The van der Waals surface area contributed by atoms with E-state index in [1.54, 1.807) is 0 Å². The predicted molar refractivity (Wildman–Crippen MR) is 130 cm³/mol. The fraction of sp³-hybridized carbons (Fsp3) is 0.769. The summed E-state index contributed by atoms with van der Waals surface area (Å²) < 4.78 is 29.2. The van der Waals surface area contributed by atoms with Gasteiger partial charge in [0, 0.05) is 33.2 Å². The summed E-state index contributed by atoms with van der Waals surface area (Å²) in [4.78, 5) is 0. The summed E-state index contributed by atoms with van der Waals surface area (Å²) in [5.74, 6) is 0. The lowest BCUT2D eigenvalue weighted by Crippen LogP contribution is -2.27. The molecule has 4 heteroatoms. The number of hydrogen-bond acceptors (Lipinski definition) is 2. The lowest BCUT2D eigenvalue weighted by atomic mass is 10.3. The molecule has 4 saturated carbocycles. The monoisotopic (exact) mass is 446 g/mol. The Hall–Kier alpha value is -0.320. The van der Waals surface area contributed by atoms with Crippen LogP contribution in [-0.2, 0) is 9.13 Å². The zero-order valence-electron chi connectivity index (χ0n) is 18.6. The lowest BCUT2D eigenvalue weighted by molar-refractivity contribution is 0.556. The molecule has 0 radical (unpaired) electrons. The molecular weight excluding hydrogens is 406 g/mol. The van der Waals surface area contributed by atoms with Crippen LogP contribution in [0.1, 0.15) is 103 Å². The maximum Gasteiger partial charge on any atom is 0.121 e. The van der Waals surface area contributed by atoms with E-state index < -0.39 is 14.3 Å². The van der Waals surface area contributed by atoms with Crippen molar-refractivity contribution in [1.82, 2.24) is 0 Å². The predicted octanol–water partition coefficient (Wildman–Crippen LogP) is 7.43. The van der Waals surface area contributed by atoms with Crippen molar-refractivity contribution >= 4 is 24.9 Å². The van der Waals surface area contributed by atoms with Gasteiger partial charge in [0.05, 0.1) is 0 Å². The third kappa shape index (κ3) is 3.63. The Morgan fingerprint density at radius 2 is 0.633 bits per heavy atom. The number of rotatable bonds is 6. The third-order valence-corrected chi connectivity index (χ3v) is 17.7. The highest BCUT2D eigenvalue weighted by molar-refractivity contribution is 7.73. The molecule has 0 bridgehead atoms. The van der Waals surface area contributed by atoms with Gasteiger partial charge in [0.15, 0.2) is 0 Å². The van der Waals surface area contributed by atoms with Crippen molar-refractivity contribution in [3.8, 4) is 0 Å². The molecule has 0 atom stereocenters. The second-order valence-electron chi connectivity index (χ2n) is 10.7. The van der Waals surface area contributed by atoms with Crippen molar-refractivity contribution in [3.63, 3.8) is 0 Å². The Labute approximate surface area is 183 Å². The zero-order valence-corrected chi connectivity index (χ0v) is 20.4. The van der Waals surface area contributed by atoms with Gasteiger partial charge in [0.2, 0.25) is 0 Å². The molecule has 0 N–H and O–H groups in total. The molecule has 4 aliphatic rings. The molecule has 166 valence electrons. The Bertz CT molecular complexity index is 697. The minimum Gasteiger partial charge on any atom is -0.318 e. The van der Waals surface area contributed by atoms with Crippen molar-refractivity contribution < 1.29 is 9.13 Å². The van der Waals surface area contributed by atoms with E-state index in [0.29, 0.717) is 22.6 Å². The van der Waals surface area contributed by atoms with Gasteiger partial charge < -0.3 is 9.13 Å². The molecule has 0 saturated heterocycles. The zero-order chi connectivity index (χ0) is 20.6. The van der Waals surface area contributed by atoms with Crippen LogP contribution < -0.4 is 10.6 Å². The highest BCUT2D eigenvalue weighted by Gasteiger charge is 2.46. The smallest absolute Gasteiger partial charge is 0.121 e. The summed E-state index contributed by atoms with van der Waals surface area (Å²) in [5, 5.41) is 2.24. The minimum absolute atomic E-state index is 0.405. The van der Waals surface area contributed by atoms with Gasteiger partial charge >= 0.3 is 0 Å². The highest BCUT2D eigenvalue weighted by Crippen LogP contribution is 2.65. The van der Waals surface area contributed by atoms with Crippen molar-refractivity contribution in [2.75, 3.05) is 0 Å². The first-order valence-corrected chi connectivity index (χ1v) is 16.6. The van der Waals surface area contributed by atoms with E-state index in [1.807, 2.05) is 0 Å². The molecule has 0 heterocycles. The molecule has 4 aliphatic carbocycles. The van der Waals surface area contributed by atoms with Crippen LogP contribution in [0.3, 0.4) is 0 Å². The van der Waals surface area contributed by atoms with E-state index in [1.165, 1.54) is 51.4 Å². The van der Waals surface area contributed by atoms with Crippen LogP contribution in [0.15, 0.2) is 24.3 Å². The van der Waals surface area contributed by atoms with Crippen LogP contribution in [0, 0.1) is 0 Å². The first kappa shape index (κ1) is 21.5. The maximum absolute atomic E-state index is 14.6. The van der Waals surface area contributed by atoms with Crippen LogP contribution in [0.2, 0.25) is 0 Å². The third-order valence-electron chi connectivity index (χ3n) is 9.13. The van der Waals surface area contributed by atoms with E-state index in [4.69, 9.17) is 0 Å². The standard InChI is InChI=1S/C26H40O2P2/c27-29(21-9-1-2-10-21,22-11-3-4-12-22)25-17-19-26(20-18-25)30(28,23-13-5-6-14-23)24-15-7-8-16-24/h17-24H,1-16H2. The molecule has 0 spiro atoms. The second-order valence-corrected chi connectivity index (χ2v) is 17.5. The van der Waals surface area contributed by atoms with Gasteiger partial charge in [-0.3, -0.25) is 0 Å². The molecule has 5 rings (SSSR count). The summed E-state index contributed by atoms with van der Waals surface area (Å²) in [6.07, 6.45) is 19.2. The number of benzene rings is 1. The van der Waals surface area contributed by atoms with E-state index in [0.717, 1.165) is 62.0 Å². The summed E-state index contributed by atoms with van der Waals surface area (Å²) >= 11 is 0. The molecule has 1 aromatic rings. The van der Waals surface area contributed by atoms with Gasteiger partial charge in [-0.2, -0.15) is 0 Å². The quantitative estimate of drug-likeness (QED) is 0.426. The number of hydrogen-bond donors (Lipinski definition) is 0. The molecule has 30 heavy (non-hydrogen) atoms. The highest BCUT2D eigenvalue weighted by atomic mass is 31.2. The van der Waals surface area contributed by atoms with Gasteiger partial charge in [0.25, 0.3) is 0 Å². The topological polar surface area (TPSA) is 34.1 Å². The molecule has 0 aliphatic heterocycles. The van der Waals surface area contributed by atoms with Gasteiger partial charge in [0.1, 0.15) is 14.3 Å². The van der Waals surface area contributed by atoms with E-state index >= 15 is 0 Å². The molecular formula is C26H40O2P2. The largest absolute Gasteiger partial charge is 0.318 e. The van der Waals surface area contributed by atoms with Crippen molar-refractivity contribution in [1.29, 1.82) is 0 Å². The Morgan fingerprint density at radius 1 is 0.433 bits per heavy atom. The van der Waals surface area contributed by atoms with E-state index in [9.17, 15) is 9.13 Å². The van der Waals surface area contributed by atoms with E-state index in [-0.39, 0.29) is 0 Å². The van der Waals surface area contributed by atoms with Crippen molar-refractivity contribution in [2.45, 2.75) is 125 Å². The van der Waals surface area contributed by atoms with Crippen molar-refractivity contribution in [2.24, 2.45) is 0 Å². The SMILES string of the molecule is O=P(c1ccc(P(=O)(C2CCCC2)C2CCCC2)cc1)(C1CCCC1)C1CCCC1. The molecule has 1 aromatic carbocycles. The lowest BCUT2D eigenvalue weighted by Gasteiger charge is -2.33. The maximum atomic E-state index is 14.6. The fourth-order valence-corrected chi connectivity index (χ4v) is 16.1. The minimum atomic E-state index is -2.38. The molecule has 0 aromatic heterocycles. The summed E-state index contributed by atoms with van der Waals surface area (Å²) in [6.45, 7) is 0. The van der Waals surface area contributed by atoms with Gasteiger partial charge in [-0.05, 0) is 51.4 Å². The second kappa shape index (κ2) is 8.90. The summed E-state index contributed by atoms with van der Waals surface area (Å²) in [5.41, 5.74) is 1.62. The average molecular weight is 447 g/mol. The average Bonchev–Trinajstić information content (AvgIpc) is 3.61. The van der Waals surface area contributed by atoms with Crippen molar-refractivity contribution in [3.05, 3.63) is 24.3 Å². The molecule has 0 unspecified atom stereocenters. The summed E-state index contributed by atoms with van der Waals surface area (Å²) in [7, 11) is -4.76. The van der Waals surface area contributed by atoms with Gasteiger partial charge in [-0.1, -0.05) is 75.6 Å². The first-order chi connectivity index (χ1) is 14.6. The first-order valence-electron chi connectivity index (χ1n) is 12.9. The van der Waals surface area contributed by atoms with Crippen LogP contribution in [0.25, 0.3) is 0 Å². The molecule has 2 nitrogen and oxygen atoms in total. The Kier molecular flexibility index (Phi) is 6.39. The van der Waals surface area contributed by atoms with Crippen LogP contribution in [-0.4, -0.2) is 22.6 Å². The molecule has 0 amide bonds. The van der Waals surface area contributed by atoms with Crippen LogP contribution >= 0.6 is 14.3 Å². The van der Waals surface area contributed by atoms with Gasteiger partial charge in [-0.15, -0.1) is 0 Å². The van der Waals surface area contributed by atoms with Crippen LogP contribution in [0.4, 0.5) is 0 Å². The normalized spacial score (nSPS) is 25.6.